The highest BCUT2D eigenvalue weighted by Crippen LogP contribution is 2.21. The minimum atomic E-state index is -0.357. The largest absolute Gasteiger partial charge is 0.459 e. The fourth-order valence-electron chi connectivity index (χ4n) is 2.97. The van der Waals surface area contributed by atoms with Crippen LogP contribution in [0.4, 0.5) is 11.4 Å². The predicted octanol–water partition coefficient (Wildman–Crippen LogP) is 4.64. The molecule has 0 fully saturated rings. The molecule has 4 rings (SSSR count). The summed E-state index contributed by atoms with van der Waals surface area (Å²) in [6.07, 6.45) is 1.44. The third-order valence-electron chi connectivity index (χ3n) is 4.21. The van der Waals surface area contributed by atoms with E-state index in [0.717, 1.165) is 16.6 Å². The Bertz CT molecular complexity index is 1170. The molecule has 0 spiro atoms. The maximum absolute atomic E-state index is 12.9. The first-order valence-electron chi connectivity index (χ1n) is 8.73. The first-order valence-corrected chi connectivity index (χ1v) is 8.73. The average molecular weight is 371 g/mol. The summed E-state index contributed by atoms with van der Waals surface area (Å²) in [6, 6.07) is 19.4. The molecule has 0 atom stereocenters. The van der Waals surface area contributed by atoms with E-state index in [1.165, 1.54) is 6.26 Å². The molecule has 4 aromatic rings. The number of anilines is 2. The van der Waals surface area contributed by atoms with Crippen LogP contribution in [-0.2, 0) is 0 Å². The molecule has 0 saturated carbocycles. The minimum absolute atomic E-state index is 0.216. The third kappa shape index (κ3) is 3.61. The number of hydrogen-bond donors (Lipinski definition) is 2. The van der Waals surface area contributed by atoms with Crippen LogP contribution < -0.4 is 10.6 Å². The van der Waals surface area contributed by atoms with Crippen molar-refractivity contribution in [3.8, 4) is 0 Å². The second kappa shape index (κ2) is 7.36. The summed E-state index contributed by atoms with van der Waals surface area (Å²) in [7, 11) is 0. The second-order valence-corrected chi connectivity index (χ2v) is 6.29. The number of furan rings is 1. The van der Waals surface area contributed by atoms with E-state index in [4.69, 9.17) is 4.42 Å². The Kier molecular flexibility index (Phi) is 4.60. The number of aryl methyl sites for hydroxylation is 1. The zero-order chi connectivity index (χ0) is 19.5. The van der Waals surface area contributed by atoms with Gasteiger partial charge in [-0.2, -0.15) is 0 Å². The molecular weight excluding hydrogens is 354 g/mol. The molecule has 6 heteroatoms. The summed E-state index contributed by atoms with van der Waals surface area (Å²) in [5.74, 6) is -0.381. The SMILES string of the molecule is Cc1cc(C(=O)Nc2cccc(NC(=O)c3ccco3)c2)c2ccccc2n1. The van der Waals surface area contributed by atoms with E-state index < -0.39 is 0 Å². The van der Waals surface area contributed by atoms with Crippen LogP contribution >= 0.6 is 0 Å². The fourth-order valence-corrected chi connectivity index (χ4v) is 2.97. The van der Waals surface area contributed by atoms with Crippen molar-refractivity contribution in [1.82, 2.24) is 4.98 Å². The lowest BCUT2D eigenvalue weighted by molar-refractivity contribution is 0.0995. The summed E-state index contributed by atoms with van der Waals surface area (Å²) in [5, 5.41) is 6.41. The van der Waals surface area contributed by atoms with E-state index in [1.54, 1.807) is 42.5 Å². The normalized spacial score (nSPS) is 10.6. The van der Waals surface area contributed by atoms with E-state index in [9.17, 15) is 9.59 Å². The summed E-state index contributed by atoms with van der Waals surface area (Å²) < 4.78 is 5.08. The van der Waals surface area contributed by atoms with Gasteiger partial charge in [-0.25, -0.2) is 0 Å². The maximum Gasteiger partial charge on any atom is 0.291 e. The number of hydrogen-bond acceptors (Lipinski definition) is 4. The lowest BCUT2D eigenvalue weighted by Crippen LogP contribution is -2.14. The van der Waals surface area contributed by atoms with Gasteiger partial charge < -0.3 is 15.1 Å². The molecule has 0 bridgehead atoms. The van der Waals surface area contributed by atoms with Gasteiger partial charge in [0.1, 0.15) is 0 Å². The van der Waals surface area contributed by atoms with E-state index in [2.05, 4.69) is 15.6 Å². The maximum atomic E-state index is 12.9. The van der Waals surface area contributed by atoms with Crippen molar-refractivity contribution < 1.29 is 14.0 Å². The molecule has 0 aliphatic rings. The highest BCUT2D eigenvalue weighted by atomic mass is 16.3. The van der Waals surface area contributed by atoms with Crippen LogP contribution in [0.25, 0.3) is 10.9 Å². The van der Waals surface area contributed by atoms with Gasteiger partial charge in [-0.15, -0.1) is 0 Å². The summed E-state index contributed by atoms with van der Waals surface area (Å²) in [6.45, 7) is 1.86. The molecule has 0 radical (unpaired) electrons. The lowest BCUT2D eigenvalue weighted by atomic mass is 10.1. The highest BCUT2D eigenvalue weighted by Gasteiger charge is 2.13. The van der Waals surface area contributed by atoms with Gasteiger partial charge in [0.05, 0.1) is 17.3 Å². The van der Waals surface area contributed by atoms with Gasteiger partial charge in [0.25, 0.3) is 11.8 Å². The Hall–Kier alpha value is -3.93. The van der Waals surface area contributed by atoms with E-state index in [-0.39, 0.29) is 17.6 Å². The fraction of sp³-hybridized carbons (Fsp3) is 0.0455. The molecule has 2 N–H and O–H groups in total. The molecule has 0 unspecified atom stereocenters. The molecular formula is C22H17N3O3. The van der Waals surface area contributed by atoms with E-state index in [0.29, 0.717) is 16.9 Å². The van der Waals surface area contributed by atoms with Crippen LogP contribution in [0.5, 0.6) is 0 Å². The molecule has 2 aromatic heterocycles. The number of nitrogens with one attached hydrogen (secondary N) is 2. The second-order valence-electron chi connectivity index (χ2n) is 6.29. The van der Waals surface area contributed by atoms with Gasteiger partial charge in [0.15, 0.2) is 5.76 Å². The monoisotopic (exact) mass is 371 g/mol. The highest BCUT2D eigenvalue weighted by molar-refractivity contribution is 6.12. The van der Waals surface area contributed by atoms with Crippen LogP contribution in [0.2, 0.25) is 0 Å². The van der Waals surface area contributed by atoms with Crippen molar-refractivity contribution in [2.45, 2.75) is 6.92 Å². The molecule has 0 aliphatic carbocycles. The van der Waals surface area contributed by atoms with Gasteiger partial charge in [-0.1, -0.05) is 24.3 Å². The molecule has 2 heterocycles. The van der Waals surface area contributed by atoms with E-state index in [1.807, 2.05) is 31.2 Å². The number of pyridine rings is 1. The predicted molar refractivity (Wildman–Crippen MR) is 108 cm³/mol. The molecule has 0 aliphatic heterocycles. The van der Waals surface area contributed by atoms with Crippen molar-refractivity contribution in [3.63, 3.8) is 0 Å². The number of carbonyl (C=O) groups is 2. The van der Waals surface area contributed by atoms with Crippen molar-refractivity contribution in [3.05, 3.63) is 90.0 Å². The van der Waals surface area contributed by atoms with Crippen molar-refractivity contribution in [2.24, 2.45) is 0 Å². The van der Waals surface area contributed by atoms with Gasteiger partial charge in [-0.05, 0) is 49.4 Å². The van der Waals surface area contributed by atoms with Gasteiger partial charge in [0, 0.05) is 22.5 Å². The zero-order valence-corrected chi connectivity index (χ0v) is 15.1. The molecule has 28 heavy (non-hydrogen) atoms. The number of carbonyl (C=O) groups excluding carboxylic acids is 2. The smallest absolute Gasteiger partial charge is 0.291 e. The Morgan fingerprint density at radius 1 is 0.857 bits per heavy atom. The van der Waals surface area contributed by atoms with Gasteiger partial charge in [0.2, 0.25) is 0 Å². The number of para-hydroxylation sites is 1. The first-order chi connectivity index (χ1) is 13.6. The van der Waals surface area contributed by atoms with Crippen LogP contribution in [0, 0.1) is 6.92 Å². The average Bonchev–Trinajstić information content (AvgIpc) is 3.22. The molecule has 2 aromatic carbocycles. The quantitative estimate of drug-likeness (QED) is 0.547. The number of nitrogens with zero attached hydrogens (tertiary/aromatic N) is 1. The van der Waals surface area contributed by atoms with Crippen LogP contribution in [0.15, 0.2) is 77.4 Å². The lowest BCUT2D eigenvalue weighted by Gasteiger charge is -2.10. The van der Waals surface area contributed by atoms with E-state index >= 15 is 0 Å². The summed E-state index contributed by atoms with van der Waals surface area (Å²) in [4.78, 5) is 29.4. The van der Waals surface area contributed by atoms with Crippen LogP contribution in [-0.4, -0.2) is 16.8 Å². The van der Waals surface area contributed by atoms with Crippen molar-refractivity contribution in [2.75, 3.05) is 10.6 Å². The zero-order valence-electron chi connectivity index (χ0n) is 15.1. The number of amides is 2. The third-order valence-corrected chi connectivity index (χ3v) is 4.21. The topological polar surface area (TPSA) is 84.2 Å². The van der Waals surface area contributed by atoms with Gasteiger partial charge in [-0.3, -0.25) is 14.6 Å². The Morgan fingerprint density at radius 3 is 2.36 bits per heavy atom. The van der Waals surface area contributed by atoms with Crippen molar-refractivity contribution >= 4 is 34.1 Å². The summed E-state index contributed by atoms with van der Waals surface area (Å²) >= 11 is 0. The number of aromatic nitrogens is 1. The molecule has 138 valence electrons. The van der Waals surface area contributed by atoms with Crippen LogP contribution in [0.1, 0.15) is 26.6 Å². The summed E-state index contributed by atoms with van der Waals surface area (Å²) in [5.41, 5.74) is 3.21. The Morgan fingerprint density at radius 2 is 1.61 bits per heavy atom. The minimum Gasteiger partial charge on any atom is -0.459 e. The van der Waals surface area contributed by atoms with Crippen molar-refractivity contribution in [1.29, 1.82) is 0 Å². The number of fused-ring (bicyclic) bond motifs is 1. The standard InChI is InChI=1S/C22H17N3O3/c1-14-12-18(17-8-2-3-9-19(17)23-14)21(26)24-15-6-4-7-16(13-15)25-22(27)20-10-5-11-28-20/h2-13H,1H3,(H,24,26)(H,25,27). The number of rotatable bonds is 4. The Labute approximate surface area is 161 Å². The first kappa shape index (κ1) is 17.5. The number of benzene rings is 2. The Balaban J connectivity index is 1.57. The van der Waals surface area contributed by atoms with Crippen LogP contribution in [0.3, 0.4) is 0 Å². The molecule has 2 amide bonds. The molecule has 6 nitrogen and oxygen atoms in total. The van der Waals surface area contributed by atoms with Gasteiger partial charge >= 0.3 is 0 Å². The molecule has 0 saturated heterocycles.